The molecule has 33 heavy (non-hydrogen) atoms. The Balaban J connectivity index is 1.57. The Kier molecular flexibility index (Phi) is 5.31. The predicted octanol–water partition coefficient (Wildman–Crippen LogP) is 7.08. The average Bonchev–Trinajstić information content (AvgIpc) is 2.75. The second-order valence-electron chi connectivity index (χ2n) is 14.6. The van der Waals surface area contributed by atoms with Crippen molar-refractivity contribution in [3.8, 4) is 0 Å². The van der Waals surface area contributed by atoms with Crippen molar-refractivity contribution < 1.29 is 14.6 Å². The van der Waals surface area contributed by atoms with Crippen molar-refractivity contribution in [3.05, 3.63) is 11.1 Å². The number of allylic oxidation sites excluding steroid dienone is 2. The van der Waals surface area contributed by atoms with E-state index in [0.717, 1.165) is 44.9 Å². The average molecular weight is 457 g/mol. The molecule has 5 rings (SSSR count). The lowest BCUT2D eigenvalue weighted by Gasteiger charge is -2.66. The number of methoxy groups -OCH3 is 1. The molecule has 186 valence electrons. The van der Waals surface area contributed by atoms with E-state index >= 15 is 0 Å². The Morgan fingerprint density at radius 3 is 2.30 bits per heavy atom. The van der Waals surface area contributed by atoms with Crippen LogP contribution in [0.1, 0.15) is 112 Å². The number of aliphatic hydroxyl groups excluding tert-OH is 1. The molecule has 0 aromatic heterocycles. The molecular weight excluding hydrogens is 408 g/mol. The van der Waals surface area contributed by atoms with Gasteiger partial charge in [0, 0.05) is 0 Å². The zero-order valence-electron chi connectivity index (χ0n) is 22.4. The van der Waals surface area contributed by atoms with Gasteiger partial charge >= 0.3 is 5.97 Å². The first kappa shape index (κ1) is 23.9. The highest BCUT2D eigenvalue weighted by atomic mass is 16.5. The largest absolute Gasteiger partial charge is 0.469 e. The Morgan fingerprint density at radius 2 is 1.61 bits per heavy atom. The summed E-state index contributed by atoms with van der Waals surface area (Å²) in [4.78, 5) is 13.2. The standard InChI is InChI=1S/C30H48O3/c1-26(2)16-17-30(25(32)33-7)15-10-20-19(21(30)18-26)8-9-23-28(20,5)13-11-22-27(3,4)24(31)12-14-29(22,23)6/h21-24,31H,8-18H2,1-7H3. The van der Waals surface area contributed by atoms with Gasteiger partial charge < -0.3 is 9.84 Å². The van der Waals surface area contributed by atoms with Crippen molar-refractivity contribution in [2.24, 2.45) is 44.8 Å². The molecule has 0 aliphatic heterocycles. The van der Waals surface area contributed by atoms with Gasteiger partial charge in [0.1, 0.15) is 0 Å². The Morgan fingerprint density at radius 1 is 0.879 bits per heavy atom. The van der Waals surface area contributed by atoms with Crippen LogP contribution < -0.4 is 0 Å². The number of carbonyl (C=O) groups excluding carboxylic acids is 1. The summed E-state index contributed by atoms with van der Waals surface area (Å²) in [5, 5.41) is 10.9. The summed E-state index contributed by atoms with van der Waals surface area (Å²) in [6.07, 6.45) is 12.1. The van der Waals surface area contributed by atoms with E-state index in [4.69, 9.17) is 4.74 Å². The first-order valence-electron chi connectivity index (χ1n) is 13.8. The van der Waals surface area contributed by atoms with Crippen LogP contribution in [0.25, 0.3) is 0 Å². The maximum Gasteiger partial charge on any atom is 0.312 e. The molecule has 3 heteroatoms. The van der Waals surface area contributed by atoms with E-state index in [0.29, 0.717) is 28.6 Å². The summed E-state index contributed by atoms with van der Waals surface area (Å²) in [6.45, 7) is 14.6. The van der Waals surface area contributed by atoms with Gasteiger partial charge in [-0.25, -0.2) is 0 Å². The lowest BCUT2D eigenvalue weighted by molar-refractivity contribution is -0.172. The van der Waals surface area contributed by atoms with E-state index in [-0.39, 0.29) is 28.3 Å². The van der Waals surface area contributed by atoms with Gasteiger partial charge in [-0.2, -0.15) is 0 Å². The van der Waals surface area contributed by atoms with E-state index in [9.17, 15) is 9.90 Å². The molecule has 5 aliphatic rings. The van der Waals surface area contributed by atoms with Crippen LogP contribution in [0, 0.1) is 44.8 Å². The lowest BCUT2D eigenvalue weighted by atomic mass is 9.38. The summed E-state index contributed by atoms with van der Waals surface area (Å²) in [6, 6.07) is 0. The predicted molar refractivity (Wildman–Crippen MR) is 133 cm³/mol. The molecule has 5 aliphatic carbocycles. The fourth-order valence-corrected chi connectivity index (χ4v) is 10.4. The van der Waals surface area contributed by atoms with Crippen molar-refractivity contribution in [3.63, 3.8) is 0 Å². The SMILES string of the molecule is COC(=O)C12CCC3=C(CCC4C3(C)CCC3C(C)(C)C(O)CCC43C)C1CC(C)(C)CC2. The Hall–Kier alpha value is -0.830. The molecule has 0 saturated heterocycles. The van der Waals surface area contributed by atoms with Crippen LogP contribution in [0.3, 0.4) is 0 Å². The van der Waals surface area contributed by atoms with Crippen LogP contribution in [-0.4, -0.2) is 24.3 Å². The Bertz CT molecular complexity index is 868. The number of fused-ring (bicyclic) bond motifs is 6. The van der Waals surface area contributed by atoms with Crippen LogP contribution >= 0.6 is 0 Å². The van der Waals surface area contributed by atoms with Gasteiger partial charge in [-0.05, 0) is 110 Å². The van der Waals surface area contributed by atoms with Gasteiger partial charge in [0.05, 0.1) is 18.6 Å². The summed E-state index contributed by atoms with van der Waals surface area (Å²) in [5.74, 6) is 1.71. The maximum atomic E-state index is 13.2. The highest BCUT2D eigenvalue weighted by molar-refractivity contribution is 5.78. The fourth-order valence-electron chi connectivity index (χ4n) is 10.4. The third-order valence-electron chi connectivity index (χ3n) is 12.3. The van der Waals surface area contributed by atoms with Gasteiger partial charge in [-0.3, -0.25) is 4.79 Å². The minimum absolute atomic E-state index is 0.00296. The van der Waals surface area contributed by atoms with E-state index in [1.54, 1.807) is 18.3 Å². The monoisotopic (exact) mass is 456 g/mol. The van der Waals surface area contributed by atoms with Crippen LogP contribution in [0.4, 0.5) is 0 Å². The van der Waals surface area contributed by atoms with Crippen LogP contribution in [-0.2, 0) is 9.53 Å². The molecule has 0 heterocycles. The fraction of sp³-hybridized carbons (Fsp3) is 0.900. The van der Waals surface area contributed by atoms with Crippen LogP contribution in [0.5, 0.6) is 0 Å². The Labute approximate surface area is 202 Å². The molecule has 0 aromatic carbocycles. The van der Waals surface area contributed by atoms with E-state index in [1.165, 1.54) is 25.7 Å². The quantitative estimate of drug-likeness (QED) is 0.339. The number of carbonyl (C=O) groups is 1. The number of esters is 1. The molecule has 3 fully saturated rings. The van der Waals surface area contributed by atoms with Crippen molar-refractivity contribution in [1.29, 1.82) is 0 Å². The molecule has 3 saturated carbocycles. The number of hydrogen-bond donors (Lipinski definition) is 1. The second kappa shape index (κ2) is 7.34. The molecule has 1 N–H and O–H groups in total. The van der Waals surface area contributed by atoms with Gasteiger partial charge in [0.25, 0.3) is 0 Å². The van der Waals surface area contributed by atoms with E-state index in [2.05, 4.69) is 41.5 Å². The molecule has 0 amide bonds. The summed E-state index contributed by atoms with van der Waals surface area (Å²) in [5.41, 5.74) is 3.97. The number of rotatable bonds is 1. The van der Waals surface area contributed by atoms with Crippen molar-refractivity contribution in [2.45, 2.75) is 118 Å². The first-order chi connectivity index (χ1) is 15.3. The van der Waals surface area contributed by atoms with Gasteiger partial charge in [-0.1, -0.05) is 52.7 Å². The topological polar surface area (TPSA) is 46.5 Å². The minimum atomic E-state index is -0.287. The number of hydrogen-bond acceptors (Lipinski definition) is 3. The molecule has 0 aromatic rings. The van der Waals surface area contributed by atoms with Crippen molar-refractivity contribution in [1.82, 2.24) is 0 Å². The maximum absolute atomic E-state index is 13.2. The number of ether oxygens (including phenoxy) is 1. The molecular formula is C30H48O3. The van der Waals surface area contributed by atoms with Crippen molar-refractivity contribution >= 4 is 5.97 Å². The van der Waals surface area contributed by atoms with Crippen molar-refractivity contribution in [2.75, 3.05) is 7.11 Å². The molecule has 0 bridgehead atoms. The number of aliphatic hydroxyl groups is 1. The third-order valence-corrected chi connectivity index (χ3v) is 12.3. The third kappa shape index (κ3) is 3.12. The normalized spacial score (nSPS) is 48.1. The van der Waals surface area contributed by atoms with Gasteiger partial charge in [-0.15, -0.1) is 0 Å². The molecule has 7 unspecified atom stereocenters. The molecule has 3 nitrogen and oxygen atoms in total. The second-order valence-corrected chi connectivity index (χ2v) is 14.6. The van der Waals surface area contributed by atoms with E-state index in [1.807, 2.05) is 0 Å². The first-order valence-corrected chi connectivity index (χ1v) is 13.8. The molecule has 7 atom stereocenters. The van der Waals surface area contributed by atoms with Gasteiger partial charge in [0.2, 0.25) is 0 Å². The smallest absolute Gasteiger partial charge is 0.312 e. The summed E-state index contributed by atoms with van der Waals surface area (Å²) < 4.78 is 5.46. The van der Waals surface area contributed by atoms with Crippen LogP contribution in [0.2, 0.25) is 0 Å². The van der Waals surface area contributed by atoms with Crippen LogP contribution in [0.15, 0.2) is 11.1 Å². The highest BCUT2D eigenvalue weighted by Crippen LogP contribution is 2.71. The summed E-state index contributed by atoms with van der Waals surface area (Å²) >= 11 is 0. The highest BCUT2D eigenvalue weighted by Gasteiger charge is 2.64. The summed E-state index contributed by atoms with van der Waals surface area (Å²) in [7, 11) is 1.59. The zero-order valence-corrected chi connectivity index (χ0v) is 22.4. The molecule has 0 radical (unpaired) electrons. The minimum Gasteiger partial charge on any atom is -0.469 e. The zero-order chi connectivity index (χ0) is 24.0. The van der Waals surface area contributed by atoms with Gasteiger partial charge in [0.15, 0.2) is 0 Å². The lowest BCUT2D eigenvalue weighted by Crippen LogP contribution is -2.60. The van der Waals surface area contributed by atoms with E-state index < -0.39 is 0 Å². The molecule has 0 spiro atoms.